The van der Waals surface area contributed by atoms with Crippen LogP contribution in [0.2, 0.25) is 5.02 Å². The number of hydrogen-bond acceptors (Lipinski definition) is 5. The molecule has 3 aromatic heterocycles. The third-order valence-electron chi connectivity index (χ3n) is 5.00. The smallest absolute Gasteiger partial charge is 0.337 e. The van der Waals surface area contributed by atoms with Crippen LogP contribution in [0.4, 0.5) is 5.82 Å². The minimum Gasteiger partial charge on any atom is -0.478 e. The Hall–Kier alpha value is -2.93. The van der Waals surface area contributed by atoms with Crippen molar-refractivity contribution in [3.8, 4) is 0 Å². The van der Waals surface area contributed by atoms with Crippen LogP contribution in [0.25, 0.3) is 0 Å². The van der Waals surface area contributed by atoms with Gasteiger partial charge in [-0.3, -0.25) is 4.98 Å². The third-order valence-corrected chi connectivity index (χ3v) is 5.28. The van der Waals surface area contributed by atoms with Crippen LogP contribution >= 0.6 is 11.6 Å². The Bertz CT molecular complexity index is 976. The number of nitrogens with zero attached hydrogens (tertiary/aromatic N) is 5. The van der Waals surface area contributed by atoms with Crippen LogP contribution in [-0.2, 0) is 6.54 Å². The van der Waals surface area contributed by atoms with Gasteiger partial charge in [0.05, 0.1) is 10.6 Å². The van der Waals surface area contributed by atoms with E-state index in [0.29, 0.717) is 10.8 Å². The lowest BCUT2D eigenvalue weighted by atomic mass is 9.97. The van der Waals surface area contributed by atoms with Gasteiger partial charge in [0.1, 0.15) is 11.6 Å². The summed E-state index contributed by atoms with van der Waals surface area (Å²) in [7, 11) is 0. The average molecular weight is 398 g/mol. The largest absolute Gasteiger partial charge is 0.478 e. The first kappa shape index (κ1) is 18.4. The first-order valence-corrected chi connectivity index (χ1v) is 9.53. The van der Waals surface area contributed by atoms with Crippen LogP contribution in [0.15, 0.2) is 49.2 Å². The summed E-state index contributed by atoms with van der Waals surface area (Å²) >= 11 is 6.32. The lowest BCUT2D eigenvalue weighted by Gasteiger charge is -2.34. The van der Waals surface area contributed by atoms with E-state index in [0.717, 1.165) is 38.3 Å². The average Bonchev–Trinajstić information content (AvgIpc) is 3.17. The van der Waals surface area contributed by atoms with E-state index in [9.17, 15) is 4.79 Å². The zero-order chi connectivity index (χ0) is 19.5. The fourth-order valence-electron chi connectivity index (χ4n) is 3.66. The number of hydrogen-bond donors (Lipinski definition) is 1. The maximum Gasteiger partial charge on any atom is 0.337 e. The topological polar surface area (TPSA) is 84.1 Å². The van der Waals surface area contributed by atoms with E-state index in [1.165, 1.54) is 17.8 Å². The maximum atomic E-state index is 11.1. The summed E-state index contributed by atoms with van der Waals surface area (Å²) in [4.78, 5) is 26.2. The van der Waals surface area contributed by atoms with E-state index in [1.807, 2.05) is 24.5 Å². The highest BCUT2D eigenvalue weighted by molar-refractivity contribution is 6.33. The highest BCUT2D eigenvalue weighted by Crippen LogP contribution is 2.32. The standard InChI is InChI=1S/C20H20ClN5O2/c21-17-10-16(20(27)28)11-24-19(17)25-8-1-2-15(13-25)18-23-7-9-26(18)12-14-3-5-22-6-4-14/h3-7,9-11,15H,1-2,8,12-13H2,(H,27,28). The first-order chi connectivity index (χ1) is 13.6. The van der Waals surface area contributed by atoms with E-state index in [1.54, 1.807) is 12.4 Å². The Kier molecular flexibility index (Phi) is 5.25. The second kappa shape index (κ2) is 7.98. The summed E-state index contributed by atoms with van der Waals surface area (Å²) in [5.74, 6) is 0.890. The van der Waals surface area contributed by atoms with Crippen LogP contribution < -0.4 is 4.90 Å². The molecule has 0 amide bonds. The minimum atomic E-state index is -1.03. The normalized spacial score (nSPS) is 16.9. The van der Waals surface area contributed by atoms with Crippen LogP contribution in [-0.4, -0.2) is 43.7 Å². The molecule has 144 valence electrons. The lowest BCUT2D eigenvalue weighted by molar-refractivity contribution is 0.0696. The lowest BCUT2D eigenvalue weighted by Crippen LogP contribution is -2.36. The van der Waals surface area contributed by atoms with Gasteiger partial charge in [-0.05, 0) is 36.6 Å². The fraction of sp³-hybridized carbons (Fsp3) is 0.300. The summed E-state index contributed by atoms with van der Waals surface area (Å²) in [6.45, 7) is 2.33. The van der Waals surface area contributed by atoms with Crippen molar-refractivity contribution < 1.29 is 9.90 Å². The molecule has 8 heteroatoms. The first-order valence-electron chi connectivity index (χ1n) is 9.15. The van der Waals surface area contributed by atoms with Gasteiger partial charge >= 0.3 is 5.97 Å². The van der Waals surface area contributed by atoms with Gasteiger partial charge in [0, 0.05) is 56.5 Å². The number of carbonyl (C=O) groups is 1. The van der Waals surface area contributed by atoms with Crippen molar-refractivity contribution in [2.45, 2.75) is 25.3 Å². The number of pyridine rings is 2. The molecule has 0 aromatic carbocycles. The summed E-state index contributed by atoms with van der Waals surface area (Å²) in [6, 6.07) is 5.47. The molecule has 0 aliphatic carbocycles. The fourth-order valence-corrected chi connectivity index (χ4v) is 3.95. The van der Waals surface area contributed by atoms with Crippen molar-refractivity contribution in [3.05, 3.63) is 71.2 Å². The van der Waals surface area contributed by atoms with E-state index in [4.69, 9.17) is 16.7 Å². The number of aromatic carboxylic acids is 1. The Labute approximate surface area is 167 Å². The van der Waals surface area contributed by atoms with Crippen LogP contribution in [0, 0.1) is 0 Å². The molecule has 1 atom stereocenters. The molecular formula is C20H20ClN5O2. The molecule has 1 saturated heterocycles. The Morgan fingerprint density at radius 3 is 2.82 bits per heavy atom. The monoisotopic (exact) mass is 397 g/mol. The van der Waals surface area contributed by atoms with Gasteiger partial charge < -0.3 is 14.6 Å². The van der Waals surface area contributed by atoms with E-state index >= 15 is 0 Å². The number of carboxylic acids is 1. The molecule has 4 heterocycles. The number of piperidine rings is 1. The van der Waals surface area contributed by atoms with Crippen molar-refractivity contribution >= 4 is 23.4 Å². The van der Waals surface area contributed by atoms with E-state index < -0.39 is 5.97 Å². The Morgan fingerprint density at radius 1 is 1.25 bits per heavy atom. The number of aromatic nitrogens is 4. The number of carboxylic acid groups (broad SMARTS) is 1. The predicted molar refractivity (Wildman–Crippen MR) is 106 cm³/mol. The van der Waals surface area contributed by atoms with Crippen LogP contribution in [0.1, 0.15) is 40.5 Å². The molecule has 28 heavy (non-hydrogen) atoms. The van der Waals surface area contributed by atoms with Gasteiger partial charge in [0.2, 0.25) is 0 Å². The predicted octanol–water partition coefficient (Wildman–Crippen LogP) is 3.46. The zero-order valence-corrected chi connectivity index (χ0v) is 16.0. The molecule has 0 radical (unpaired) electrons. The molecule has 4 rings (SSSR count). The number of rotatable bonds is 5. The Morgan fingerprint density at radius 2 is 2.07 bits per heavy atom. The number of anilines is 1. The number of halogens is 1. The molecule has 1 aliphatic rings. The molecule has 1 N–H and O–H groups in total. The van der Waals surface area contributed by atoms with Crippen LogP contribution in [0.5, 0.6) is 0 Å². The highest BCUT2D eigenvalue weighted by Gasteiger charge is 2.27. The van der Waals surface area contributed by atoms with Crippen molar-refractivity contribution in [2.24, 2.45) is 0 Å². The van der Waals surface area contributed by atoms with Gasteiger partial charge in [-0.2, -0.15) is 0 Å². The second-order valence-electron chi connectivity index (χ2n) is 6.89. The van der Waals surface area contributed by atoms with Gasteiger partial charge in [-0.25, -0.2) is 14.8 Å². The Balaban J connectivity index is 1.54. The van der Waals surface area contributed by atoms with E-state index in [-0.39, 0.29) is 11.5 Å². The minimum absolute atomic E-state index is 0.0928. The van der Waals surface area contributed by atoms with Gasteiger partial charge in [-0.1, -0.05) is 11.6 Å². The molecule has 1 fully saturated rings. The molecule has 3 aromatic rings. The highest BCUT2D eigenvalue weighted by atomic mass is 35.5. The molecule has 1 aliphatic heterocycles. The van der Waals surface area contributed by atoms with E-state index in [2.05, 4.69) is 24.4 Å². The molecule has 1 unspecified atom stereocenters. The summed E-state index contributed by atoms with van der Waals surface area (Å²) < 4.78 is 2.17. The quantitative estimate of drug-likeness (QED) is 0.709. The van der Waals surface area contributed by atoms with Crippen molar-refractivity contribution in [3.63, 3.8) is 0 Å². The second-order valence-corrected chi connectivity index (χ2v) is 7.30. The summed E-state index contributed by atoms with van der Waals surface area (Å²) in [5, 5.41) is 9.46. The maximum absolute atomic E-state index is 11.1. The van der Waals surface area contributed by atoms with Gasteiger partial charge in [0.25, 0.3) is 0 Å². The summed E-state index contributed by atoms with van der Waals surface area (Å²) in [6.07, 6.45) is 10.8. The molecule has 0 bridgehead atoms. The molecule has 0 saturated carbocycles. The van der Waals surface area contributed by atoms with Gasteiger partial charge in [-0.15, -0.1) is 0 Å². The third kappa shape index (κ3) is 3.84. The number of imidazole rings is 1. The van der Waals surface area contributed by atoms with Crippen molar-refractivity contribution in [1.82, 2.24) is 19.5 Å². The summed E-state index contributed by atoms with van der Waals surface area (Å²) in [5.41, 5.74) is 1.27. The zero-order valence-electron chi connectivity index (χ0n) is 15.2. The SMILES string of the molecule is O=C(O)c1cnc(N2CCCC(c3nccn3Cc3ccncc3)C2)c(Cl)c1. The van der Waals surface area contributed by atoms with Gasteiger partial charge in [0.15, 0.2) is 0 Å². The van der Waals surface area contributed by atoms with Crippen LogP contribution in [0.3, 0.4) is 0 Å². The molecular weight excluding hydrogens is 378 g/mol. The molecule has 0 spiro atoms. The van der Waals surface area contributed by atoms with Crippen molar-refractivity contribution in [1.29, 1.82) is 0 Å². The van der Waals surface area contributed by atoms with Crippen molar-refractivity contribution in [2.75, 3.05) is 18.0 Å². The molecule has 7 nitrogen and oxygen atoms in total.